The first kappa shape index (κ1) is 23.6. The molecule has 1 atom stereocenters. The van der Waals surface area contributed by atoms with Crippen LogP contribution in [0.1, 0.15) is 37.5 Å². The predicted molar refractivity (Wildman–Crippen MR) is 124 cm³/mol. The third-order valence-electron chi connectivity index (χ3n) is 4.25. The number of thioether (sulfide) groups is 2. The molecule has 0 bridgehead atoms. The average Bonchev–Trinajstić information content (AvgIpc) is 3.13. The van der Waals surface area contributed by atoms with E-state index in [0.717, 1.165) is 22.9 Å². The lowest BCUT2D eigenvalue weighted by Gasteiger charge is -2.14. The molecule has 0 radical (unpaired) electrons. The van der Waals surface area contributed by atoms with Crippen LogP contribution in [0.3, 0.4) is 0 Å². The number of ether oxygens (including phenoxy) is 1. The number of carbonyl (C=O) groups is 1. The first-order valence-corrected chi connectivity index (χ1v) is 12.1. The predicted octanol–water partition coefficient (Wildman–Crippen LogP) is 5.05. The Morgan fingerprint density at radius 2 is 1.81 bits per heavy atom. The number of rotatable bonds is 9. The normalized spacial score (nSPS) is 12.0. The Bertz CT molecular complexity index is 1020. The van der Waals surface area contributed by atoms with E-state index in [1.165, 1.54) is 23.5 Å². The molecule has 3 aromatic rings. The highest BCUT2D eigenvalue weighted by atomic mass is 35.5. The summed E-state index contributed by atoms with van der Waals surface area (Å²) >= 11 is 8.92. The summed E-state index contributed by atoms with van der Waals surface area (Å²) in [6.07, 6.45) is 0.622. The molecule has 0 unspecified atom stereocenters. The largest absolute Gasteiger partial charge is 0.465 e. The molecule has 0 spiro atoms. The van der Waals surface area contributed by atoms with Crippen LogP contribution < -0.4 is 0 Å². The molecule has 0 N–H and O–H groups in total. The van der Waals surface area contributed by atoms with Gasteiger partial charge in [0, 0.05) is 22.1 Å². The fourth-order valence-corrected chi connectivity index (χ4v) is 4.85. The number of nitrogens with zero attached hydrogens (tertiary/aromatic N) is 5. The van der Waals surface area contributed by atoms with Crippen LogP contribution in [0.2, 0.25) is 5.02 Å². The summed E-state index contributed by atoms with van der Waals surface area (Å²) in [5.41, 5.74) is 2.71. The van der Waals surface area contributed by atoms with Crippen LogP contribution in [0.25, 0.3) is 5.69 Å². The molecule has 2 heterocycles. The van der Waals surface area contributed by atoms with Crippen molar-refractivity contribution in [1.29, 1.82) is 0 Å². The number of aromatic nitrogens is 5. The van der Waals surface area contributed by atoms with E-state index in [1.807, 2.05) is 55.7 Å². The zero-order valence-electron chi connectivity index (χ0n) is 17.8. The van der Waals surface area contributed by atoms with Gasteiger partial charge in [0.05, 0.1) is 12.4 Å². The topological polar surface area (TPSA) is 82.8 Å². The molecule has 0 saturated carbocycles. The highest BCUT2D eigenvalue weighted by molar-refractivity contribution is 8.00. The van der Waals surface area contributed by atoms with E-state index < -0.39 is 0 Å². The molecule has 2 aromatic heterocycles. The molecule has 1 aromatic carbocycles. The molecule has 7 nitrogen and oxygen atoms in total. The maximum atomic E-state index is 12.3. The van der Waals surface area contributed by atoms with Gasteiger partial charge in [-0.05, 0) is 57.5 Å². The molecule has 0 amide bonds. The second-order valence-electron chi connectivity index (χ2n) is 6.70. The zero-order chi connectivity index (χ0) is 22.4. The summed E-state index contributed by atoms with van der Waals surface area (Å²) in [5.74, 6) is 1.01. The van der Waals surface area contributed by atoms with E-state index >= 15 is 0 Å². The number of esters is 1. The van der Waals surface area contributed by atoms with Crippen LogP contribution in [0.15, 0.2) is 40.6 Å². The van der Waals surface area contributed by atoms with Gasteiger partial charge in [0.1, 0.15) is 11.1 Å². The lowest BCUT2D eigenvalue weighted by atomic mass is 10.3. The van der Waals surface area contributed by atoms with Crippen molar-refractivity contribution in [2.45, 2.75) is 55.4 Å². The molecule has 0 aliphatic heterocycles. The van der Waals surface area contributed by atoms with Crippen molar-refractivity contribution >= 4 is 41.1 Å². The lowest BCUT2D eigenvalue weighted by molar-refractivity contribution is -0.142. The van der Waals surface area contributed by atoms with Crippen LogP contribution in [-0.4, -0.2) is 42.6 Å². The summed E-state index contributed by atoms with van der Waals surface area (Å²) in [5, 5.41) is 10.4. The molecular weight excluding hydrogens is 454 g/mol. The summed E-state index contributed by atoms with van der Waals surface area (Å²) in [6, 6.07) is 9.39. The summed E-state index contributed by atoms with van der Waals surface area (Å²) in [4.78, 5) is 21.3. The molecule has 0 aliphatic carbocycles. The number of carbonyl (C=O) groups excluding carboxylic acids is 1. The van der Waals surface area contributed by atoms with Gasteiger partial charge in [-0.15, -0.1) is 10.2 Å². The van der Waals surface area contributed by atoms with Gasteiger partial charge in [-0.25, -0.2) is 9.97 Å². The first-order chi connectivity index (χ1) is 14.9. The second kappa shape index (κ2) is 11.0. The molecule has 0 aliphatic rings. The Labute approximate surface area is 195 Å². The van der Waals surface area contributed by atoms with E-state index in [9.17, 15) is 4.79 Å². The van der Waals surface area contributed by atoms with Crippen LogP contribution in [0, 0.1) is 13.8 Å². The van der Waals surface area contributed by atoms with E-state index in [2.05, 4.69) is 20.2 Å². The minimum absolute atomic E-state index is 0.250. The van der Waals surface area contributed by atoms with E-state index in [1.54, 1.807) is 6.92 Å². The second-order valence-corrected chi connectivity index (χ2v) is 9.25. The van der Waals surface area contributed by atoms with Gasteiger partial charge in [0.25, 0.3) is 0 Å². The summed E-state index contributed by atoms with van der Waals surface area (Å²) in [7, 11) is 0. The molecule has 0 fully saturated rings. The minimum Gasteiger partial charge on any atom is -0.465 e. The third-order valence-corrected chi connectivity index (χ3v) is 6.63. The van der Waals surface area contributed by atoms with Gasteiger partial charge in [-0.2, -0.15) is 0 Å². The number of benzene rings is 1. The Morgan fingerprint density at radius 1 is 1.13 bits per heavy atom. The summed E-state index contributed by atoms with van der Waals surface area (Å²) in [6.45, 7) is 7.99. The smallest absolute Gasteiger partial charge is 0.319 e. The number of halogens is 1. The Balaban J connectivity index is 1.91. The van der Waals surface area contributed by atoms with Gasteiger partial charge in [0.15, 0.2) is 10.3 Å². The molecule has 31 heavy (non-hydrogen) atoms. The first-order valence-electron chi connectivity index (χ1n) is 9.89. The maximum absolute atomic E-state index is 12.3. The van der Waals surface area contributed by atoms with Crippen molar-refractivity contribution in [3.05, 3.63) is 52.6 Å². The molecule has 164 valence electrons. The highest BCUT2D eigenvalue weighted by Crippen LogP contribution is 2.30. The monoisotopic (exact) mass is 477 g/mol. The number of aryl methyl sites for hydroxylation is 2. The van der Waals surface area contributed by atoms with Crippen molar-refractivity contribution in [2.75, 3.05) is 6.61 Å². The van der Waals surface area contributed by atoms with Crippen LogP contribution >= 0.6 is 35.1 Å². The van der Waals surface area contributed by atoms with Crippen LogP contribution in [0.5, 0.6) is 0 Å². The van der Waals surface area contributed by atoms with Crippen molar-refractivity contribution in [3.8, 4) is 5.69 Å². The van der Waals surface area contributed by atoms with Crippen molar-refractivity contribution in [2.24, 2.45) is 0 Å². The lowest BCUT2D eigenvalue weighted by Crippen LogP contribution is -2.20. The summed E-state index contributed by atoms with van der Waals surface area (Å²) < 4.78 is 7.15. The number of hydrogen-bond donors (Lipinski definition) is 0. The van der Waals surface area contributed by atoms with Gasteiger partial charge in [-0.1, -0.05) is 42.0 Å². The molecule has 10 heteroatoms. The molecular formula is C21H24ClN5O2S2. The van der Waals surface area contributed by atoms with Crippen molar-refractivity contribution < 1.29 is 9.53 Å². The molecule has 0 saturated heterocycles. The Kier molecular flexibility index (Phi) is 8.34. The van der Waals surface area contributed by atoms with E-state index in [4.69, 9.17) is 16.3 Å². The highest BCUT2D eigenvalue weighted by Gasteiger charge is 2.24. The average molecular weight is 478 g/mol. The van der Waals surface area contributed by atoms with Crippen LogP contribution in [-0.2, 0) is 15.3 Å². The van der Waals surface area contributed by atoms with Gasteiger partial charge in [0.2, 0.25) is 0 Å². The standard InChI is InChI=1S/C21H24ClN5O2S2/c1-5-17(19(28)29-6-2)31-21-26-25-18(27(21)16-9-7-15(22)8-10-16)12-30-20-23-13(3)11-14(4)24-20/h7-11,17H,5-6,12H2,1-4H3/t17-/m1/s1. The van der Waals surface area contributed by atoms with Gasteiger partial charge in [-0.3, -0.25) is 9.36 Å². The fraction of sp³-hybridized carbons (Fsp3) is 0.381. The molecule has 3 rings (SSSR count). The Hall–Kier alpha value is -2.10. The zero-order valence-corrected chi connectivity index (χ0v) is 20.2. The quantitative estimate of drug-likeness (QED) is 0.240. The van der Waals surface area contributed by atoms with E-state index in [0.29, 0.717) is 34.1 Å². The van der Waals surface area contributed by atoms with E-state index in [-0.39, 0.29) is 11.2 Å². The number of hydrogen-bond acceptors (Lipinski definition) is 8. The van der Waals surface area contributed by atoms with Crippen molar-refractivity contribution in [3.63, 3.8) is 0 Å². The van der Waals surface area contributed by atoms with Crippen molar-refractivity contribution in [1.82, 2.24) is 24.7 Å². The van der Waals surface area contributed by atoms with Crippen LogP contribution in [0.4, 0.5) is 0 Å². The van der Waals surface area contributed by atoms with Gasteiger partial charge < -0.3 is 4.74 Å². The minimum atomic E-state index is -0.363. The third kappa shape index (κ3) is 6.21. The SMILES string of the molecule is CCOC(=O)[C@@H](CC)Sc1nnc(CSc2nc(C)cc(C)n2)n1-c1ccc(Cl)cc1. The van der Waals surface area contributed by atoms with Gasteiger partial charge >= 0.3 is 5.97 Å². The fourth-order valence-electron chi connectivity index (χ4n) is 2.87. The maximum Gasteiger partial charge on any atom is 0.319 e. The Morgan fingerprint density at radius 3 is 2.42 bits per heavy atom.